The molecule has 1 aromatic heterocycles. The maximum atomic E-state index is 6.18. The first-order valence-corrected chi connectivity index (χ1v) is 8.29. The number of aromatic nitrogens is 2. The van der Waals surface area contributed by atoms with Crippen molar-refractivity contribution >= 4 is 40.7 Å². The molecule has 0 spiro atoms. The van der Waals surface area contributed by atoms with Gasteiger partial charge in [-0.2, -0.15) is 4.98 Å². The Balaban J connectivity index is 1.58. The van der Waals surface area contributed by atoms with Crippen LogP contribution in [0.1, 0.15) is 5.56 Å². The molecule has 2 aromatic carbocycles. The van der Waals surface area contributed by atoms with Gasteiger partial charge in [0.15, 0.2) is 0 Å². The molecule has 2 N–H and O–H groups in total. The molecular weight excluding hydrogens is 343 g/mol. The number of nitrogens with one attached hydrogen (secondary N) is 2. The van der Waals surface area contributed by atoms with Gasteiger partial charge in [0.05, 0.1) is 0 Å². The number of hydrogen-bond acceptors (Lipinski definition) is 4. The zero-order chi connectivity index (χ0) is 16.8. The standard InChI is InChI=1S/C18H16Cl2N4/c19-14-7-6-13(16(20)12-14)8-10-21-17-9-11-22-18(24-17)23-15-4-2-1-3-5-15/h1-7,9,11-12H,8,10H2,(H2,21,22,23,24). The fourth-order valence-electron chi connectivity index (χ4n) is 2.22. The molecule has 0 aliphatic heterocycles. The van der Waals surface area contributed by atoms with Crippen molar-refractivity contribution in [2.24, 2.45) is 0 Å². The van der Waals surface area contributed by atoms with Gasteiger partial charge in [-0.3, -0.25) is 0 Å². The normalized spacial score (nSPS) is 10.4. The van der Waals surface area contributed by atoms with Crippen LogP contribution in [-0.4, -0.2) is 16.5 Å². The molecule has 0 amide bonds. The molecule has 0 radical (unpaired) electrons. The summed E-state index contributed by atoms with van der Waals surface area (Å²) in [6.07, 6.45) is 2.50. The maximum Gasteiger partial charge on any atom is 0.229 e. The van der Waals surface area contributed by atoms with Gasteiger partial charge >= 0.3 is 0 Å². The molecule has 3 rings (SSSR count). The van der Waals surface area contributed by atoms with E-state index in [4.69, 9.17) is 23.2 Å². The summed E-state index contributed by atoms with van der Waals surface area (Å²) >= 11 is 12.1. The molecule has 1 heterocycles. The van der Waals surface area contributed by atoms with Crippen molar-refractivity contribution in [3.05, 3.63) is 76.4 Å². The van der Waals surface area contributed by atoms with Crippen molar-refractivity contribution in [3.8, 4) is 0 Å². The average molecular weight is 359 g/mol. The first-order valence-electron chi connectivity index (χ1n) is 7.53. The van der Waals surface area contributed by atoms with Gasteiger partial charge in [-0.1, -0.05) is 47.5 Å². The van der Waals surface area contributed by atoms with E-state index in [1.165, 1.54) is 0 Å². The summed E-state index contributed by atoms with van der Waals surface area (Å²) in [4.78, 5) is 8.68. The minimum absolute atomic E-state index is 0.552. The van der Waals surface area contributed by atoms with Gasteiger partial charge in [0.25, 0.3) is 0 Å². The van der Waals surface area contributed by atoms with Crippen LogP contribution in [0.5, 0.6) is 0 Å². The average Bonchev–Trinajstić information content (AvgIpc) is 2.58. The Morgan fingerprint density at radius 3 is 2.58 bits per heavy atom. The highest BCUT2D eigenvalue weighted by molar-refractivity contribution is 6.35. The summed E-state index contributed by atoms with van der Waals surface area (Å²) in [5.74, 6) is 1.31. The number of nitrogens with zero attached hydrogens (tertiary/aromatic N) is 2. The van der Waals surface area contributed by atoms with E-state index < -0.39 is 0 Å². The Labute approximate surface area is 150 Å². The second-order valence-corrected chi connectivity index (χ2v) is 6.01. The second-order valence-electron chi connectivity index (χ2n) is 5.17. The lowest BCUT2D eigenvalue weighted by Gasteiger charge is -2.09. The summed E-state index contributed by atoms with van der Waals surface area (Å²) in [5.41, 5.74) is 1.99. The van der Waals surface area contributed by atoms with Crippen LogP contribution in [-0.2, 0) is 6.42 Å². The Kier molecular flexibility index (Phi) is 5.51. The summed E-state index contributed by atoms with van der Waals surface area (Å²) in [6.45, 7) is 0.711. The largest absolute Gasteiger partial charge is 0.370 e. The quantitative estimate of drug-likeness (QED) is 0.637. The Morgan fingerprint density at radius 2 is 1.79 bits per heavy atom. The zero-order valence-electron chi connectivity index (χ0n) is 12.8. The van der Waals surface area contributed by atoms with Crippen LogP contribution in [0.15, 0.2) is 60.8 Å². The van der Waals surface area contributed by atoms with Crippen molar-refractivity contribution in [3.63, 3.8) is 0 Å². The van der Waals surface area contributed by atoms with Gasteiger partial charge in [-0.05, 0) is 42.3 Å². The molecule has 0 atom stereocenters. The third-order valence-corrected chi connectivity index (χ3v) is 3.99. The number of halogens is 2. The molecule has 0 saturated carbocycles. The molecule has 0 aliphatic rings. The highest BCUT2D eigenvalue weighted by Crippen LogP contribution is 2.21. The molecular formula is C18H16Cl2N4. The van der Waals surface area contributed by atoms with Crippen LogP contribution in [0.2, 0.25) is 10.0 Å². The van der Waals surface area contributed by atoms with Crippen molar-refractivity contribution < 1.29 is 0 Å². The van der Waals surface area contributed by atoms with E-state index in [2.05, 4.69) is 20.6 Å². The summed E-state index contributed by atoms with van der Waals surface area (Å²) in [5, 5.41) is 7.77. The second kappa shape index (κ2) is 7.99. The first-order chi connectivity index (χ1) is 11.7. The molecule has 4 nitrogen and oxygen atoms in total. The van der Waals surface area contributed by atoms with Crippen LogP contribution in [0.3, 0.4) is 0 Å². The van der Waals surface area contributed by atoms with Crippen LogP contribution in [0.4, 0.5) is 17.5 Å². The van der Waals surface area contributed by atoms with Crippen molar-refractivity contribution in [1.29, 1.82) is 0 Å². The molecule has 0 aliphatic carbocycles. The smallest absolute Gasteiger partial charge is 0.229 e. The van der Waals surface area contributed by atoms with Gasteiger partial charge in [-0.25, -0.2) is 4.98 Å². The predicted octanol–water partition coefficient (Wildman–Crippen LogP) is 5.18. The van der Waals surface area contributed by atoms with Gasteiger partial charge in [0.1, 0.15) is 5.82 Å². The lowest BCUT2D eigenvalue weighted by molar-refractivity contribution is 1.00. The van der Waals surface area contributed by atoms with Crippen LogP contribution >= 0.6 is 23.2 Å². The van der Waals surface area contributed by atoms with E-state index in [1.54, 1.807) is 12.3 Å². The summed E-state index contributed by atoms with van der Waals surface area (Å²) in [6, 6.07) is 17.2. The van der Waals surface area contributed by atoms with Crippen LogP contribution in [0, 0.1) is 0 Å². The lowest BCUT2D eigenvalue weighted by atomic mass is 10.1. The number of benzene rings is 2. The maximum absolute atomic E-state index is 6.18. The number of rotatable bonds is 6. The Bertz CT molecular complexity index is 809. The third-order valence-electron chi connectivity index (χ3n) is 3.40. The van der Waals surface area contributed by atoms with Crippen LogP contribution < -0.4 is 10.6 Å². The first kappa shape index (κ1) is 16.6. The molecule has 3 aromatic rings. The summed E-state index contributed by atoms with van der Waals surface area (Å²) < 4.78 is 0. The zero-order valence-corrected chi connectivity index (χ0v) is 14.3. The molecule has 122 valence electrons. The summed E-state index contributed by atoms with van der Waals surface area (Å²) in [7, 11) is 0. The monoisotopic (exact) mass is 358 g/mol. The Morgan fingerprint density at radius 1 is 0.958 bits per heavy atom. The van der Waals surface area contributed by atoms with Gasteiger partial charge < -0.3 is 10.6 Å². The minimum Gasteiger partial charge on any atom is -0.370 e. The molecule has 0 fully saturated rings. The third kappa shape index (κ3) is 4.60. The molecule has 0 unspecified atom stereocenters. The van der Waals surface area contributed by atoms with E-state index in [1.807, 2.05) is 48.5 Å². The van der Waals surface area contributed by atoms with Gasteiger partial charge in [0.2, 0.25) is 5.95 Å². The SMILES string of the molecule is Clc1ccc(CCNc2ccnc(Nc3ccccc3)n2)c(Cl)c1. The Hall–Kier alpha value is -2.30. The molecule has 6 heteroatoms. The molecule has 0 saturated heterocycles. The number of para-hydroxylation sites is 1. The number of hydrogen-bond donors (Lipinski definition) is 2. The van der Waals surface area contributed by atoms with E-state index in [0.717, 1.165) is 23.5 Å². The van der Waals surface area contributed by atoms with Gasteiger partial charge in [-0.15, -0.1) is 0 Å². The van der Waals surface area contributed by atoms with E-state index >= 15 is 0 Å². The van der Waals surface area contributed by atoms with Crippen molar-refractivity contribution in [2.45, 2.75) is 6.42 Å². The van der Waals surface area contributed by atoms with E-state index in [-0.39, 0.29) is 0 Å². The van der Waals surface area contributed by atoms with Gasteiger partial charge in [0, 0.05) is 28.5 Å². The van der Waals surface area contributed by atoms with E-state index in [0.29, 0.717) is 22.5 Å². The number of anilines is 3. The highest BCUT2D eigenvalue weighted by atomic mass is 35.5. The van der Waals surface area contributed by atoms with E-state index in [9.17, 15) is 0 Å². The van der Waals surface area contributed by atoms with Crippen LogP contribution in [0.25, 0.3) is 0 Å². The highest BCUT2D eigenvalue weighted by Gasteiger charge is 2.03. The van der Waals surface area contributed by atoms with Crippen molar-refractivity contribution in [2.75, 3.05) is 17.2 Å². The van der Waals surface area contributed by atoms with Crippen molar-refractivity contribution in [1.82, 2.24) is 9.97 Å². The molecule has 0 bridgehead atoms. The molecule has 24 heavy (non-hydrogen) atoms. The lowest BCUT2D eigenvalue weighted by Crippen LogP contribution is -2.08. The fourth-order valence-corrected chi connectivity index (χ4v) is 2.72. The fraction of sp³-hybridized carbons (Fsp3) is 0.111. The topological polar surface area (TPSA) is 49.8 Å². The predicted molar refractivity (Wildman–Crippen MR) is 100 cm³/mol. The minimum atomic E-state index is 0.552.